The van der Waals surface area contributed by atoms with E-state index < -0.39 is 17.5 Å². The van der Waals surface area contributed by atoms with Crippen molar-refractivity contribution < 1.29 is 9.72 Å². The van der Waals surface area contributed by atoms with Crippen LogP contribution in [0.2, 0.25) is 0 Å². The Morgan fingerprint density at radius 3 is 2.48 bits per heavy atom. The molecular formula is C19H19N3O3. The SMILES string of the molecule is Cc1ccc([C@@H]2[C@H](C)N[C@@]3(C(=O)Nc4ccccc43)[C@H]2[N+](=O)[O-])cc1. The van der Waals surface area contributed by atoms with Crippen LogP contribution in [-0.2, 0) is 10.3 Å². The third-order valence-corrected chi connectivity index (χ3v) is 5.43. The molecule has 1 spiro atoms. The molecule has 0 radical (unpaired) electrons. The smallest absolute Gasteiger partial charge is 0.256 e. The van der Waals surface area contributed by atoms with Crippen LogP contribution in [0.1, 0.15) is 29.5 Å². The van der Waals surface area contributed by atoms with Crippen molar-refractivity contribution in [3.8, 4) is 0 Å². The van der Waals surface area contributed by atoms with Crippen LogP contribution in [0.15, 0.2) is 48.5 Å². The molecule has 0 aromatic heterocycles. The first-order valence-electron chi connectivity index (χ1n) is 8.34. The fraction of sp³-hybridized carbons (Fsp3) is 0.316. The molecule has 2 heterocycles. The number of fused-ring (bicyclic) bond motifs is 2. The van der Waals surface area contributed by atoms with Gasteiger partial charge in [0.25, 0.3) is 11.9 Å². The fourth-order valence-electron chi connectivity index (χ4n) is 4.34. The van der Waals surface area contributed by atoms with Crippen LogP contribution in [0, 0.1) is 17.0 Å². The number of nitrogens with one attached hydrogen (secondary N) is 2. The molecule has 0 aliphatic carbocycles. The topological polar surface area (TPSA) is 84.3 Å². The summed E-state index contributed by atoms with van der Waals surface area (Å²) < 4.78 is 0. The molecule has 6 nitrogen and oxygen atoms in total. The second-order valence-electron chi connectivity index (χ2n) is 6.91. The van der Waals surface area contributed by atoms with Crippen molar-refractivity contribution in [3.05, 3.63) is 75.3 Å². The van der Waals surface area contributed by atoms with Gasteiger partial charge in [0.05, 0.1) is 5.92 Å². The Labute approximate surface area is 145 Å². The van der Waals surface area contributed by atoms with Crippen LogP contribution >= 0.6 is 0 Å². The Bertz CT molecular complexity index is 864. The summed E-state index contributed by atoms with van der Waals surface area (Å²) in [6.45, 7) is 3.89. The number of hydrogen-bond acceptors (Lipinski definition) is 4. The van der Waals surface area contributed by atoms with Crippen molar-refractivity contribution in [2.24, 2.45) is 0 Å². The van der Waals surface area contributed by atoms with Crippen molar-refractivity contribution in [3.63, 3.8) is 0 Å². The van der Waals surface area contributed by atoms with Gasteiger partial charge in [0.2, 0.25) is 0 Å². The van der Waals surface area contributed by atoms with Gasteiger partial charge in [0.1, 0.15) is 0 Å². The molecule has 6 heteroatoms. The van der Waals surface area contributed by atoms with Gasteiger partial charge in [-0.05, 0) is 25.5 Å². The molecule has 2 aliphatic rings. The Kier molecular flexibility index (Phi) is 3.40. The number of amides is 1. The second kappa shape index (κ2) is 5.39. The lowest BCUT2D eigenvalue weighted by atomic mass is 9.78. The fourth-order valence-corrected chi connectivity index (χ4v) is 4.34. The van der Waals surface area contributed by atoms with Gasteiger partial charge < -0.3 is 5.32 Å². The summed E-state index contributed by atoms with van der Waals surface area (Å²) in [5, 5.41) is 18.2. The zero-order chi connectivity index (χ0) is 17.8. The molecule has 128 valence electrons. The number of anilines is 1. The molecule has 2 aliphatic heterocycles. The number of para-hydroxylation sites is 1. The molecule has 1 saturated heterocycles. The number of benzene rings is 2. The van der Waals surface area contributed by atoms with Gasteiger partial charge in [-0.3, -0.25) is 20.2 Å². The number of nitro groups is 1. The third kappa shape index (κ3) is 2.10. The summed E-state index contributed by atoms with van der Waals surface area (Å²) >= 11 is 0. The van der Waals surface area contributed by atoms with Crippen LogP contribution in [-0.4, -0.2) is 22.9 Å². The molecule has 0 saturated carbocycles. The summed E-state index contributed by atoms with van der Waals surface area (Å²) in [4.78, 5) is 24.7. The Hall–Kier alpha value is -2.73. The molecule has 1 amide bonds. The average Bonchev–Trinajstić information content (AvgIpc) is 3.04. The number of nitrogens with zero attached hydrogens (tertiary/aromatic N) is 1. The van der Waals surface area contributed by atoms with Crippen molar-refractivity contribution in [2.45, 2.75) is 37.4 Å². The first-order chi connectivity index (χ1) is 11.9. The van der Waals surface area contributed by atoms with Gasteiger partial charge >= 0.3 is 0 Å². The largest absolute Gasteiger partial charge is 0.324 e. The quantitative estimate of drug-likeness (QED) is 0.651. The van der Waals surface area contributed by atoms with Crippen LogP contribution in [0.3, 0.4) is 0 Å². The second-order valence-corrected chi connectivity index (χ2v) is 6.91. The molecule has 0 unspecified atom stereocenters. The normalized spacial score (nSPS) is 30.3. The minimum atomic E-state index is -1.34. The average molecular weight is 337 g/mol. The number of hydrogen-bond donors (Lipinski definition) is 2. The summed E-state index contributed by atoms with van der Waals surface area (Å²) in [5.74, 6) is -0.746. The zero-order valence-electron chi connectivity index (χ0n) is 14.0. The van der Waals surface area contributed by atoms with E-state index >= 15 is 0 Å². The van der Waals surface area contributed by atoms with Gasteiger partial charge in [-0.25, -0.2) is 0 Å². The number of rotatable bonds is 2. The maximum atomic E-state index is 12.9. The molecule has 25 heavy (non-hydrogen) atoms. The molecule has 4 atom stereocenters. The highest BCUT2D eigenvalue weighted by Crippen LogP contribution is 2.49. The standard InChI is InChI=1S/C19H19N3O3/c1-11-7-9-13(10-8-11)16-12(2)21-19(17(16)22(24)25)14-5-3-4-6-15(14)20-18(19)23/h3-10,12,16-17,21H,1-2H3,(H,20,23)/t12-,16-,17-,19+/m0/s1. The van der Waals surface area contributed by atoms with E-state index in [4.69, 9.17) is 0 Å². The number of aryl methyl sites for hydroxylation is 1. The van der Waals surface area contributed by atoms with Crippen molar-refractivity contribution in [2.75, 3.05) is 5.32 Å². The maximum absolute atomic E-state index is 12.9. The molecule has 2 aromatic carbocycles. The van der Waals surface area contributed by atoms with E-state index in [1.165, 1.54) is 0 Å². The van der Waals surface area contributed by atoms with Crippen LogP contribution in [0.25, 0.3) is 0 Å². The molecule has 2 N–H and O–H groups in total. The van der Waals surface area contributed by atoms with Gasteiger partial charge in [-0.15, -0.1) is 0 Å². The van der Waals surface area contributed by atoms with E-state index in [-0.39, 0.29) is 16.9 Å². The highest BCUT2D eigenvalue weighted by molar-refractivity contribution is 6.07. The van der Waals surface area contributed by atoms with Crippen molar-refractivity contribution in [1.29, 1.82) is 0 Å². The Morgan fingerprint density at radius 2 is 1.80 bits per heavy atom. The Morgan fingerprint density at radius 1 is 1.12 bits per heavy atom. The first-order valence-corrected chi connectivity index (χ1v) is 8.34. The third-order valence-electron chi connectivity index (χ3n) is 5.43. The zero-order valence-corrected chi connectivity index (χ0v) is 14.0. The number of carbonyl (C=O) groups is 1. The van der Waals surface area contributed by atoms with E-state index in [1.54, 1.807) is 12.1 Å². The lowest BCUT2D eigenvalue weighted by Gasteiger charge is -2.25. The minimum Gasteiger partial charge on any atom is -0.324 e. The first kappa shape index (κ1) is 15.8. The van der Waals surface area contributed by atoms with Gasteiger partial charge in [-0.2, -0.15) is 0 Å². The summed E-state index contributed by atoms with van der Waals surface area (Å²) in [6.07, 6.45) is 0. The van der Waals surface area contributed by atoms with E-state index in [9.17, 15) is 14.9 Å². The summed E-state index contributed by atoms with van der Waals surface area (Å²) in [7, 11) is 0. The highest BCUT2D eigenvalue weighted by Gasteiger charge is 2.67. The van der Waals surface area contributed by atoms with Crippen LogP contribution < -0.4 is 10.6 Å². The lowest BCUT2D eigenvalue weighted by Crippen LogP contribution is -2.54. The van der Waals surface area contributed by atoms with Crippen molar-refractivity contribution in [1.82, 2.24) is 5.32 Å². The lowest BCUT2D eigenvalue weighted by molar-refractivity contribution is -0.532. The van der Waals surface area contributed by atoms with E-state index in [2.05, 4.69) is 10.6 Å². The van der Waals surface area contributed by atoms with E-state index in [0.717, 1.165) is 11.1 Å². The maximum Gasteiger partial charge on any atom is 0.256 e. The van der Waals surface area contributed by atoms with Gasteiger partial charge in [-0.1, -0.05) is 48.0 Å². The molecule has 0 bridgehead atoms. The van der Waals surface area contributed by atoms with Crippen LogP contribution in [0.4, 0.5) is 5.69 Å². The molecule has 4 rings (SSSR count). The number of carbonyl (C=O) groups excluding carboxylic acids is 1. The van der Waals surface area contributed by atoms with Crippen LogP contribution in [0.5, 0.6) is 0 Å². The predicted octanol–water partition coefficient (Wildman–Crippen LogP) is 2.56. The highest BCUT2D eigenvalue weighted by atomic mass is 16.6. The van der Waals surface area contributed by atoms with Gasteiger partial charge in [0.15, 0.2) is 5.54 Å². The molecule has 2 aromatic rings. The van der Waals surface area contributed by atoms with E-state index in [0.29, 0.717) is 11.3 Å². The monoisotopic (exact) mass is 337 g/mol. The predicted molar refractivity (Wildman–Crippen MR) is 94.0 cm³/mol. The summed E-state index contributed by atoms with van der Waals surface area (Å²) in [6, 6.07) is 13.7. The minimum absolute atomic E-state index is 0.213. The Balaban J connectivity index is 1.89. The molecular weight excluding hydrogens is 318 g/mol. The summed E-state index contributed by atoms with van der Waals surface area (Å²) in [5.41, 5.74) is 1.93. The van der Waals surface area contributed by atoms with E-state index in [1.807, 2.05) is 50.2 Å². The van der Waals surface area contributed by atoms with Gasteiger partial charge in [0, 0.05) is 22.2 Å². The van der Waals surface area contributed by atoms with Crippen molar-refractivity contribution >= 4 is 11.6 Å². The molecule has 1 fully saturated rings.